The minimum absolute atomic E-state index is 0.199. The maximum absolute atomic E-state index is 12.2. The van der Waals surface area contributed by atoms with Crippen molar-refractivity contribution in [3.05, 3.63) is 42.0 Å². The molecule has 0 spiro atoms. The van der Waals surface area contributed by atoms with Crippen LogP contribution in [-0.4, -0.2) is 28.2 Å². The first kappa shape index (κ1) is 17.9. The standard InChI is InChI=1S/C15H21F3O2Si/c1-19-12-20-11-13-7-4-5-8-14(13)21(2,3)10-6-9-15(16,17)18/h4-9H,10-12H2,1-3H3/b9-6+. The van der Waals surface area contributed by atoms with E-state index in [1.54, 1.807) is 7.11 Å². The highest BCUT2D eigenvalue weighted by Gasteiger charge is 2.27. The Morgan fingerprint density at radius 3 is 2.48 bits per heavy atom. The molecule has 1 aromatic rings. The predicted octanol–water partition coefficient (Wildman–Crippen LogP) is 3.84. The smallest absolute Gasteiger partial charge is 0.359 e. The third-order valence-corrected chi connectivity index (χ3v) is 6.34. The minimum atomic E-state index is -4.24. The summed E-state index contributed by atoms with van der Waals surface area (Å²) in [6.45, 7) is 4.72. The molecule has 2 nitrogen and oxygen atoms in total. The molecule has 0 saturated carbocycles. The normalized spacial score (nSPS) is 13.0. The summed E-state index contributed by atoms with van der Waals surface area (Å²) < 4.78 is 46.8. The number of ether oxygens (including phenoxy) is 2. The fourth-order valence-electron chi connectivity index (χ4n) is 2.14. The number of allylic oxidation sites excluding steroid dienone is 2. The van der Waals surface area contributed by atoms with Gasteiger partial charge >= 0.3 is 6.18 Å². The number of halogens is 3. The lowest BCUT2D eigenvalue weighted by molar-refractivity contribution is -0.0799. The van der Waals surface area contributed by atoms with Crippen molar-refractivity contribution in [3.8, 4) is 0 Å². The van der Waals surface area contributed by atoms with E-state index in [1.807, 2.05) is 24.3 Å². The molecule has 0 aliphatic heterocycles. The molecule has 0 radical (unpaired) electrons. The molecule has 0 aliphatic carbocycles. The first-order valence-electron chi connectivity index (χ1n) is 6.66. The molecular formula is C15H21F3O2Si. The van der Waals surface area contributed by atoms with E-state index in [4.69, 9.17) is 9.47 Å². The van der Waals surface area contributed by atoms with Crippen molar-refractivity contribution in [3.63, 3.8) is 0 Å². The first-order chi connectivity index (χ1) is 9.76. The number of hydrogen-bond donors (Lipinski definition) is 0. The lowest BCUT2D eigenvalue weighted by atomic mass is 10.2. The van der Waals surface area contributed by atoms with Gasteiger partial charge in [0.05, 0.1) is 14.7 Å². The molecular weight excluding hydrogens is 297 g/mol. The monoisotopic (exact) mass is 318 g/mol. The highest BCUT2D eigenvalue weighted by Crippen LogP contribution is 2.19. The van der Waals surface area contributed by atoms with Gasteiger partial charge in [0.15, 0.2) is 0 Å². The third-order valence-electron chi connectivity index (χ3n) is 3.14. The summed E-state index contributed by atoms with van der Waals surface area (Å²) in [4.78, 5) is 0. The molecule has 0 aliphatic rings. The number of benzene rings is 1. The van der Waals surface area contributed by atoms with E-state index < -0.39 is 14.3 Å². The van der Waals surface area contributed by atoms with Gasteiger partial charge in [-0.05, 0) is 11.6 Å². The van der Waals surface area contributed by atoms with Gasteiger partial charge in [-0.15, -0.1) is 0 Å². The Balaban J connectivity index is 2.84. The zero-order valence-corrected chi connectivity index (χ0v) is 13.5. The molecule has 6 heteroatoms. The lowest BCUT2D eigenvalue weighted by Gasteiger charge is -2.24. The van der Waals surface area contributed by atoms with Gasteiger partial charge in [-0.1, -0.05) is 48.6 Å². The second-order valence-corrected chi connectivity index (χ2v) is 10.2. The second-order valence-electron chi connectivity index (χ2n) is 5.44. The predicted molar refractivity (Wildman–Crippen MR) is 80.2 cm³/mol. The molecule has 0 aromatic heterocycles. The van der Waals surface area contributed by atoms with E-state index in [-0.39, 0.29) is 6.79 Å². The highest BCUT2D eigenvalue weighted by atomic mass is 28.3. The Kier molecular flexibility index (Phi) is 6.64. The van der Waals surface area contributed by atoms with Gasteiger partial charge < -0.3 is 9.47 Å². The van der Waals surface area contributed by atoms with Gasteiger partial charge in [0.25, 0.3) is 0 Å². The Morgan fingerprint density at radius 2 is 1.86 bits per heavy atom. The van der Waals surface area contributed by atoms with Gasteiger partial charge in [0, 0.05) is 13.2 Å². The van der Waals surface area contributed by atoms with E-state index in [1.165, 1.54) is 6.08 Å². The largest absolute Gasteiger partial charge is 0.409 e. The first-order valence-corrected chi connectivity index (χ1v) is 9.86. The number of alkyl halides is 3. The average molecular weight is 318 g/mol. The topological polar surface area (TPSA) is 18.5 Å². The summed E-state index contributed by atoms with van der Waals surface area (Å²) in [7, 11) is -0.443. The van der Waals surface area contributed by atoms with Crippen molar-refractivity contribution in [2.75, 3.05) is 13.9 Å². The van der Waals surface area contributed by atoms with Crippen LogP contribution in [0.2, 0.25) is 19.1 Å². The summed E-state index contributed by atoms with van der Waals surface area (Å²) in [5, 5.41) is 1.12. The molecule has 0 atom stereocenters. The molecule has 0 unspecified atom stereocenters. The van der Waals surface area contributed by atoms with Crippen LogP contribution in [-0.2, 0) is 16.1 Å². The Labute approximate surface area is 124 Å². The number of methoxy groups -OCH3 is 1. The van der Waals surface area contributed by atoms with E-state index >= 15 is 0 Å². The van der Waals surface area contributed by atoms with Gasteiger partial charge in [-0.2, -0.15) is 13.2 Å². The summed E-state index contributed by atoms with van der Waals surface area (Å²) in [5.74, 6) is 0. The molecule has 0 N–H and O–H groups in total. The summed E-state index contributed by atoms with van der Waals surface area (Å²) in [6, 6.07) is 8.20. The van der Waals surface area contributed by atoms with Crippen molar-refractivity contribution >= 4 is 13.3 Å². The van der Waals surface area contributed by atoms with Gasteiger partial charge in [0.2, 0.25) is 0 Å². The quantitative estimate of drug-likeness (QED) is 0.329. The fraction of sp³-hybridized carbons (Fsp3) is 0.467. The maximum atomic E-state index is 12.2. The number of rotatable bonds is 7. The lowest BCUT2D eigenvalue weighted by Crippen LogP contribution is -2.43. The number of hydrogen-bond acceptors (Lipinski definition) is 2. The van der Waals surface area contributed by atoms with E-state index in [0.29, 0.717) is 18.7 Å². The van der Waals surface area contributed by atoms with Crippen LogP contribution in [0.15, 0.2) is 36.4 Å². The van der Waals surface area contributed by atoms with Gasteiger partial charge in [0.1, 0.15) is 6.79 Å². The Bertz CT molecular complexity index is 470. The van der Waals surface area contributed by atoms with Crippen LogP contribution in [0.1, 0.15) is 5.56 Å². The summed E-state index contributed by atoms with van der Waals surface area (Å²) in [5.41, 5.74) is 1.02. The van der Waals surface area contributed by atoms with Crippen LogP contribution in [0.5, 0.6) is 0 Å². The van der Waals surface area contributed by atoms with Crippen LogP contribution in [0.3, 0.4) is 0 Å². The fourth-order valence-corrected chi connectivity index (χ4v) is 4.64. The van der Waals surface area contributed by atoms with Gasteiger partial charge in [-0.3, -0.25) is 0 Å². The van der Waals surface area contributed by atoms with Crippen molar-refractivity contribution in [1.82, 2.24) is 0 Å². The van der Waals surface area contributed by atoms with E-state index in [0.717, 1.165) is 10.8 Å². The molecule has 0 heterocycles. The zero-order valence-electron chi connectivity index (χ0n) is 12.5. The van der Waals surface area contributed by atoms with Crippen LogP contribution in [0.25, 0.3) is 0 Å². The molecule has 0 fully saturated rings. The average Bonchev–Trinajstić information content (AvgIpc) is 2.37. The van der Waals surface area contributed by atoms with Gasteiger partial charge in [-0.25, -0.2) is 0 Å². The third kappa shape index (κ3) is 6.45. The molecule has 1 rings (SSSR count). The zero-order chi connectivity index (χ0) is 15.9. The van der Waals surface area contributed by atoms with Crippen LogP contribution in [0, 0.1) is 0 Å². The molecule has 0 bridgehead atoms. The van der Waals surface area contributed by atoms with E-state index in [2.05, 4.69) is 13.1 Å². The minimum Gasteiger partial charge on any atom is -0.359 e. The van der Waals surface area contributed by atoms with Crippen LogP contribution >= 0.6 is 0 Å². The second kappa shape index (κ2) is 7.77. The van der Waals surface area contributed by atoms with Crippen molar-refractivity contribution in [2.24, 2.45) is 0 Å². The molecule has 118 valence electrons. The molecule has 1 aromatic carbocycles. The van der Waals surface area contributed by atoms with Crippen LogP contribution in [0.4, 0.5) is 13.2 Å². The molecule has 0 saturated heterocycles. The maximum Gasteiger partial charge on any atom is 0.409 e. The van der Waals surface area contributed by atoms with Crippen LogP contribution < -0.4 is 5.19 Å². The Hall–Kier alpha value is -1.11. The van der Waals surface area contributed by atoms with Crippen molar-refractivity contribution < 1.29 is 22.6 Å². The summed E-state index contributed by atoms with van der Waals surface area (Å²) in [6.07, 6.45) is -2.68. The molecule has 0 amide bonds. The van der Waals surface area contributed by atoms with Crippen molar-refractivity contribution in [2.45, 2.75) is 31.9 Å². The van der Waals surface area contributed by atoms with E-state index in [9.17, 15) is 13.2 Å². The molecule has 21 heavy (non-hydrogen) atoms. The summed E-state index contributed by atoms with van der Waals surface area (Å²) >= 11 is 0. The SMILES string of the molecule is COCOCc1ccccc1[Si](C)(C)C/C=C/C(F)(F)F. The highest BCUT2D eigenvalue weighted by molar-refractivity contribution is 6.90. The Morgan fingerprint density at radius 1 is 1.19 bits per heavy atom. The van der Waals surface area contributed by atoms with Crippen molar-refractivity contribution in [1.29, 1.82) is 0 Å².